The zero-order valence-corrected chi connectivity index (χ0v) is 16.2. The summed E-state index contributed by atoms with van der Waals surface area (Å²) in [5.74, 6) is 0.601. The van der Waals surface area contributed by atoms with Crippen LogP contribution in [0.25, 0.3) is 11.5 Å². The van der Waals surface area contributed by atoms with Crippen molar-refractivity contribution >= 4 is 10.0 Å². The molecule has 2 aromatic carbocycles. The van der Waals surface area contributed by atoms with Gasteiger partial charge < -0.3 is 4.52 Å². The Balaban J connectivity index is 1.44. The van der Waals surface area contributed by atoms with Crippen LogP contribution in [-0.4, -0.2) is 36.0 Å². The van der Waals surface area contributed by atoms with Crippen LogP contribution >= 0.6 is 0 Å². The summed E-state index contributed by atoms with van der Waals surface area (Å²) < 4.78 is 45.5. The molecule has 1 aromatic heterocycles. The predicted molar refractivity (Wildman–Crippen MR) is 102 cm³/mol. The summed E-state index contributed by atoms with van der Waals surface area (Å²) in [5.41, 5.74) is 1.67. The highest BCUT2D eigenvalue weighted by atomic mass is 32.2. The Hall–Kier alpha value is -2.58. The van der Waals surface area contributed by atoms with E-state index in [-0.39, 0.29) is 11.7 Å². The lowest BCUT2D eigenvalue weighted by Gasteiger charge is -2.29. The van der Waals surface area contributed by atoms with Crippen molar-refractivity contribution in [3.05, 3.63) is 65.7 Å². The van der Waals surface area contributed by atoms with Gasteiger partial charge in [-0.05, 0) is 56.2 Å². The van der Waals surface area contributed by atoms with Crippen LogP contribution < -0.4 is 0 Å². The number of hydrogen-bond acceptors (Lipinski definition) is 5. The van der Waals surface area contributed by atoms with Crippen molar-refractivity contribution in [1.29, 1.82) is 0 Å². The third kappa shape index (κ3) is 3.70. The average molecular weight is 401 g/mol. The fourth-order valence-corrected chi connectivity index (χ4v) is 4.79. The Morgan fingerprint density at radius 2 is 1.68 bits per heavy atom. The van der Waals surface area contributed by atoms with Gasteiger partial charge in [0.2, 0.25) is 10.0 Å². The molecule has 1 fully saturated rings. The number of sulfonamides is 1. The molecular weight excluding hydrogens is 381 g/mol. The molecule has 0 unspecified atom stereocenters. The molecule has 6 nitrogen and oxygen atoms in total. The van der Waals surface area contributed by atoms with Gasteiger partial charge in [-0.3, -0.25) is 0 Å². The first kappa shape index (κ1) is 18.8. The van der Waals surface area contributed by atoms with Gasteiger partial charge in [-0.15, -0.1) is 0 Å². The summed E-state index contributed by atoms with van der Waals surface area (Å²) >= 11 is 0. The Bertz CT molecular complexity index is 1050. The van der Waals surface area contributed by atoms with Gasteiger partial charge in [0, 0.05) is 24.6 Å². The molecular formula is C20H20FN3O3S. The molecule has 3 aromatic rings. The van der Waals surface area contributed by atoms with E-state index in [0.29, 0.717) is 48.1 Å². The molecule has 0 aliphatic carbocycles. The van der Waals surface area contributed by atoms with E-state index >= 15 is 0 Å². The monoisotopic (exact) mass is 401 g/mol. The van der Waals surface area contributed by atoms with E-state index in [2.05, 4.69) is 10.1 Å². The van der Waals surface area contributed by atoms with Crippen molar-refractivity contribution in [2.75, 3.05) is 13.1 Å². The third-order valence-electron chi connectivity index (χ3n) is 5.01. The second kappa shape index (κ2) is 7.44. The van der Waals surface area contributed by atoms with E-state index < -0.39 is 10.0 Å². The first-order valence-corrected chi connectivity index (χ1v) is 10.5. The molecule has 0 atom stereocenters. The van der Waals surface area contributed by atoms with Gasteiger partial charge in [-0.2, -0.15) is 9.29 Å². The molecule has 8 heteroatoms. The van der Waals surface area contributed by atoms with Crippen LogP contribution in [0.4, 0.5) is 4.39 Å². The summed E-state index contributed by atoms with van der Waals surface area (Å²) in [6.45, 7) is 2.73. The van der Waals surface area contributed by atoms with Crippen molar-refractivity contribution in [1.82, 2.24) is 14.4 Å². The minimum absolute atomic E-state index is 0.0300. The van der Waals surface area contributed by atoms with Gasteiger partial charge >= 0.3 is 0 Å². The van der Waals surface area contributed by atoms with Gasteiger partial charge in [0.05, 0.1) is 4.90 Å². The molecule has 0 radical (unpaired) electrons. The second-order valence-corrected chi connectivity index (χ2v) is 8.89. The number of piperidine rings is 1. The average Bonchev–Trinajstić information content (AvgIpc) is 3.19. The first-order valence-electron chi connectivity index (χ1n) is 9.10. The molecule has 1 aliphatic heterocycles. The molecule has 0 bridgehead atoms. The molecule has 1 saturated heterocycles. The number of hydrogen-bond donors (Lipinski definition) is 0. The number of nitrogens with zero attached hydrogens (tertiary/aromatic N) is 3. The lowest BCUT2D eigenvalue weighted by atomic mass is 9.97. The molecule has 28 heavy (non-hydrogen) atoms. The maximum atomic E-state index is 13.1. The Morgan fingerprint density at radius 1 is 1.04 bits per heavy atom. The summed E-state index contributed by atoms with van der Waals surface area (Å²) in [6.07, 6.45) is 1.24. The highest BCUT2D eigenvalue weighted by Crippen LogP contribution is 2.30. The molecule has 1 aliphatic rings. The molecule has 2 heterocycles. The fourth-order valence-electron chi connectivity index (χ4n) is 3.32. The lowest BCUT2D eigenvalue weighted by Crippen LogP contribution is -2.38. The van der Waals surface area contributed by atoms with Crippen LogP contribution in [-0.2, 0) is 10.0 Å². The highest BCUT2D eigenvalue weighted by Gasteiger charge is 2.31. The van der Waals surface area contributed by atoms with Crippen LogP contribution in [0.15, 0.2) is 57.9 Å². The standard InChI is InChI=1S/C20H20FN3O3S/c1-14-2-8-18(9-3-14)28(25,26)24-12-10-15(11-13-24)19-22-20(27-23-19)16-4-6-17(21)7-5-16/h2-9,15H,10-13H2,1H3. The topological polar surface area (TPSA) is 76.3 Å². The molecule has 0 amide bonds. The number of aromatic nitrogens is 2. The zero-order chi connectivity index (χ0) is 19.7. The maximum Gasteiger partial charge on any atom is 0.257 e. The predicted octanol–water partition coefficient (Wildman–Crippen LogP) is 3.75. The van der Waals surface area contributed by atoms with Gasteiger partial charge in [0.1, 0.15) is 5.82 Å². The van der Waals surface area contributed by atoms with Crippen molar-refractivity contribution in [2.24, 2.45) is 0 Å². The van der Waals surface area contributed by atoms with Crippen LogP contribution in [0, 0.1) is 12.7 Å². The molecule has 0 spiro atoms. The quantitative estimate of drug-likeness (QED) is 0.665. The van der Waals surface area contributed by atoms with E-state index in [1.807, 2.05) is 6.92 Å². The van der Waals surface area contributed by atoms with Crippen molar-refractivity contribution in [3.63, 3.8) is 0 Å². The molecule has 0 saturated carbocycles. The van der Waals surface area contributed by atoms with Gasteiger partial charge in [0.15, 0.2) is 5.82 Å². The normalized spacial score (nSPS) is 16.4. The van der Waals surface area contributed by atoms with E-state index in [9.17, 15) is 12.8 Å². The van der Waals surface area contributed by atoms with Crippen LogP contribution in [0.3, 0.4) is 0 Å². The SMILES string of the molecule is Cc1ccc(S(=O)(=O)N2CCC(c3noc(-c4ccc(F)cc4)n3)CC2)cc1. The van der Waals surface area contributed by atoms with Crippen molar-refractivity contribution < 1.29 is 17.3 Å². The van der Waals surface area contributed by atoms with E-state index in [0.717, 1.165) is 5.56 Å². The molecule has 0 N–H and O–H groups in total. The van der Waals surface area contributed by atoms with E-state index in [1.54, 1.807) is 36.4 Å². The molecule has 4 rings (SSSR count). The van der Waals surface area contributed by atoms with Crippen molar-refractivity contribution in [2.45, 2.75) is 30.6 Å². The van der Waals surface area contributed by atoms with E-state index in [4.69, 9.17) is 4.52 Å². The minimum atomic E-state index is -3.49. The number of aryl methyl sites for hydroxylation is 1. The summed E-state index contributed by atoms with van der Waals surface area (Å²) in [7, 11) is -3.49. The number of halogens is 1. The van der Waals surface area contributed by atoms with E-state index in [1.165, 1.54) is 16.4 Å². The zero-order valence-electron chi connectivity index (χ0n) is 15.4. The minimum Gasteiger partial charge on any atom is -0.334 e. The summed E-state index contributed by atoms with van der Waals surface area (Å²) in [6, 6.07) is 12.7. The summed E-state index contributed by atoms with van der Waals surface area (Å²) in [4.78, 5) is 4.74. The van der Waals surface area contributed by atoms with Gasteiger partial charge in [-0.1, -0.05) is 22.9 Å². The summed E-state index contributed by atoms with van der Waals surface area (Å²) in [5, 5.41) is 4.05. The van der Waals surface area contributed by atoms with Crippen LogP contribution in [0.2, 0.25) is 0 Å². The number of rotatable bonds is 4. The maximum absolute atomic E-state index is 13.1. The van der Waals surface area contributed by atoms with Gasteiger partial charge in [-0.25, -0.2) is 12.8 Å². The Kier molecular flexibility index (Phi) is 4.99. The highest BCUT2D eigenvalue weighted by molar-refractivity contribution is 7.89. The third-order valence-corrected chi connectivity index (χ3v) is 6.92. The van der Waals surface area contributed by atoms with Gasteiger partial charge in [0.25, 0.3) is 5.89 Å². The van der Waals surface area contributed by atoms with Crippen LogP contribution in [0.1, 0.15) is 30.1 Å². The second-order valence-electron chi connectivity index (χ2n) is 6.96. The Labute approximate surface area is 163 Å². The fraction of sp³-hybridized carbons (Fsp3) is 0.300. The number of benzene rings is 2. The smallest absolute Gasteiger partial charge is 0.257 e. The van der Waals surface area contributed by atoms with Crippen molar-refractivity contribution in [3.8, 4) is 11.5 Å². The lowest BCUT2D eigenvalue weighted by molar-refractivity contribution is 0.307. The largest absolute Gasteiger partial charge is 0.334 e. The first-order chi connectivity index (χ1) is 13.4. The Morgan fingerprint density at radius 3 is 2.32 bits per heavy atom. The van der Waals surface area contributed by atoms with Crippen LogP contribution in [0.5, 0.6) is 0 Å². The molecule has 146 valence electrons.